The number of hydrogen-bond donors (Lipinski definition) is 1. The SMILES string of the molecule is FC(F)(F)c1ccc2[nH]c(-c3ccncc3SCc3ccccc3)cc2c1. The van der Waals surface area contributed by atoms with Crippen LogP contribution < -0.4 is 0 Å². The van der Waals surface area contributed by atoms with E-state index in [9.17, 15) is 13.2 Å². The van der Waals surface area contributed by atoms with E-state index in [0.29, 0.717) is 10.9 Å². The Hall–Kier alpha value is -2.73. The second kappa shape index (κ2) is 7.12. The predicted molar refractivity (Wildman–Crippen MR) is 103 cm³/mol. The maximum Gasteiger partial charge on any atom is 0.416 e. The van der Waals surface area contributed by atoms with Crippen molar-refractivity contribution in [2.45, 2.75) is 16.8 Å². The van der Waals surface area contributed by atoms with Gasteiger partial charge in [-0.15, -0.1) is 11.8 Å². The van der Waals surface area contributed by atoms with E-state index in [1.807, 2.05) is 24.3 Å². The van der Waals surface area contributed by atoms with Crippen LogP contribution in [-0.2, 0) is 11.9 Å². The van der Waals surface area contributed by atoms with Gasteiger partial charge in [0.25, 0.3) is 0 Å². The van der Waals surface area contributed by atoms with Crippen molar-refractivity contribution in [3.8, 4) is 11.3 Å². The molecule has 0 radical (unpaired) electrons. The summed E-state index contributed by atoms with van der Waals surface area (Å²) in [6.45, 7) is 0. The lowest BCUT2D eigenvalue weighted by Gasteiger charge is -2.07. The Bertz CT molecular complexity index is 1070. The number of halogens is 3. The molecule has 0 bridgehead atoms. The molecule has 0 aliphatic carbocycles. The van der Waals surface area contributed by atoms with Crippen LogP contribution in [0.15, 0.2) is 78.0 Å². The van der Waals surface area contributed by atoms with Gasteiger partial charge < -0.3 is 4.98 Å². The highest BCUT2D eigenvalue weighted by Crippen LogP contribution is 2.36. The number of nitrogens with zero attached hydrogens (tertiary/aromatic N) is 1. The van der Waals surface area contributed by atoms with E-state index < -0.39 is 11.7 Å². The third kappa shape index (κ3) is 3.85. The van der Waals surface area contributed by atoms with Crippen molar-refractivity contribution in [1.29, 1.82) is 0 Å². The Morgan fingerprint density at radius 3 is 2.56 bits per heavy atom. The molecule has 2 heterocycles. The Morgan fingerprint density at radius 1 is 0.963 bits per heavy atom. The lowest BCUT2D eigenvalue weighted by molar-refractivity contribution is -0.137. The van der Waals surface area contributed by atoms with Gasteiger partial charge in [-0.1, -0.05) is 30.3 Å². The van der Waals surface area contributed by atoms with Gasteiger partial charge in [0, 0.05) is 45.2 Å². The third-order valence-corrected chi connectivity index (χ3v) is 5.37. The summed E-state index contributed by atoms with van der Waals surface area (Å²) in [7, 11) is 0. The fraction of sp³-hybridized carbons (Fsp3) is 0.0952. The molecular formula is C21H15F3N2S. The topological polar surface area (TPSA) is 28.7 Å². The minimum absolute atomic E-state index is 0.538. The van der Waals surface area contributed by atoms with Crippen LogP contribution in [0.4, 0.5) is 13.2 Å². The number of rotatable bonds is 4. The zero-order chi connectivity index (χ0) is 18.9. The summed E-state index contributed by atoms with van der Waals surface area (Å²) in [5, 5.41) is 0.538. The zero-order valence-electron chi connectivity index (χ0n) is 14.1. The predicted octanol–water partition coefficient (Wildman–Crippen LogP) is 6.54. The Labute approximate surface area is 158 Å². The van der Waals surface area contributed by atoms with Crippen molar-refractivity contribution in [2.75, 3.05) is 0 Å². The van der Waals surface area contributed by atoms with Crippen molar-refractivity contribution in [3.05, 3.63) is 84.2 Å². The summed E-state index contributed by atoms with van der Waals surface area (Å²) < 4.78 is 38.8. The van der Waals surface area contributed by atoms with Gasteiger partial charge in [-0.2, -0.15) is 13.2 Å². The number of benzene rings is 2. The standard InChI is InChI=1S/C21H15F3N2S/c22-21(23,24)16-6-7-18-15(10-16)11-19(26-18)17-8-9-25-12-20(17)27-13-14-4-2-1-3-5-14/h1-12,26H,13H2. The summed E-state index contributed by atoms with van der Waals surface area (Å²) >= 11 is 1.65. The summed E-state index contributed by atoms with van der Waals surface area (Å²) in [4.78, 5) is 8.40. The second-order valence-corrected chi connectivity index (χ2v) is 7.15. The van der Waals surface area contributed by atoms with E-state index in [1.165, 1.54) is 17.7 Å². The van der Waals surface area contributed by atoms with Crippen molar-refractivity contribution in [3.63, 3.8) is 0 Å². The van der Waals surface area contributed by atoms with Crippen LogP contribution in [0, 0.1) is 0 Å². The Balaban J connectivity index is 1.67. The van der Waals surface area contributed by atoms with Crippen LogP contribution >= 0.6 is 11.8 Å². The minimum Gasteiger partial charge on any atom is -0.354 e. The van der Waals surface area contributed by atoms with Gasteiger partial charge in [0.1, 0.15) is 0 Å². The molecule has 0 atom stereocenters. The van der Waals surface area contributed by atoms with Crippen molar-refractivity contribution in [1.82, 2.24) is 9.97 Å². The van der Waals surface area contributed by atoms with Gasteiger partial charge in [-0.05, 0) is 35.9 Å². The molecule has 0 unspecified atom stereocenters. The number of fused-ring (bicyclic) bond motifs is 1. The number of aromatic nitrogens is 2. The number of H-pyrrole nitrogens is 1. The number of alkyl halides is 3. The van der Waals surface area contributed by atoms with Gasteiger partial charge in [-0.3, -0.25) is 4.98 Å². The highest BCUT2D eigenvalue weighted by molar-refractivity contribution is 7.98. The molecule has 0 saturated heterocycles. The summed E-state index contributed by atoms with van der Waals surface area (Å²) in [6.07, 6.45) is -0.872. The largest absolute Gasteiger partial charge is 0.416 e. The molecule has 0 saturated carbocycles. The van der Waals surface area contributed by atoms with E-state index in [4.69, 9.17) is 0 Å². The molecule has 2 aromatic carbocycles. The molecular weight excluding hydrogens is 369 g/mol. The first kappa shape index (κ1) is 17.7. The van der Waals surface area contributed by atoms with Crippen LogP contribution in [0.1, 0.15) is 11.1 Å². The van der Waals surface area contributed by atoms with Gasteiger partial charge >= 0.3 is 6.18 Å². The minimum atomic E-state index is -4.35. The van der Waals surface area contributed by atoms with Gasteiger partial charge in [0.2, 0.25) is 0 Å². The van der Waals surface area contributed by atoms with Crippen LogP contribution in [0.5, 0.6) is 0 Å². The molecule has 0 fully saturated rings. The first-order chi connectivity index (χ1) is 13.0. The normalized spacial score (nSPS) is 11.8. The van der Waals surface area contributed by atoms with Crippen molar-refractivity contribution in [2.24, 2.45) is 0 Å². The molecule has 0 aliphatic rings. The molecule has 136 valence electrons. The van der Waals surface area contributed by atoms with E-state index in [-0.39, 0.29) is 0 Å². The molecule has 0 spiro atoms. The molecule has 1 N–H and O–H groups in total. The smallest absolute Gasteiger partial charge is 0.354 e. The summed E-state index contributed by atoms with van der Waals surface area (Å²) in [5.74, 6) is 0.790. The fourth-order valence-electron chi connectivity index (χ4n) is 2.91. The van der Waals surface area contributed by atoms with Crippen LogP contribution in [0.2, 0.25) is 0 Å². The molecule has 4 rings (SSSR count). The first-order valence-corrected chi connectivity index (χ1v) is 9.30. The van der Waals surface area contributed by atoms with E-state index >= 15 is 0 Å². The Kier molecular flexibility index (Phi) is 4.66. The fourth-order valence-corrected chi connectivity index (χ4v) is 3.89. The average molecular weight is 384 g/mol. The summed E-state index contributed by atoms with van der Waals surface area (Å²) in [5.41, 5.74) is 2.93. The van der Waals surface area contributed by atoms with E-state index in [0.717, 1.165) is 28.0 Å². The number of hydrogen-bond acceptors (Lipinski definition) is 2. The monoisotopic (exact) mass is 384 g/mol. The number of thioether (sulfide) groups is 1. The maximum absolute atomic E-state index is 12.9. The third-order valence-electron chi connectivity index (χ3n) is 4.26. The number of aromatic amines is 1. The summed E-state index contributed by atoms with van der Waals surface area (Å²) in [6, 6.07) is 17.5. The van der Waals surface area contributed by atoms with Gasteiger partial charge in [0.15, 0.2) is 0 Å². The van der Waals surface area contributed by atoms with Crippen molar-refractivity contribution < 1.29 is 13.2 Å². The van der Waals surface area contributed by atoms with E-state index in [1.54, 1.807) is 30.2 Å². The maximum atomic E-state index is 12.9. The molecule has 0 amide bonds. The van der Waals surface area contributed by atoms with Gasteiger partial charge in [-0.25, -0.2) is 0 Å². The van der Waals surface area contributed by atoms with Crippen LogP contribution in [0.3, 0.4) is 0 Å². The quantitative estimate of drug-likeness (QED) is 0.405. The van der Waals surface area contributed by atoms with E-state index in [2.05, 4.69) is 22.1 Å². The molecule has 2 aromatic heterocycles. The molecule has 27 heavy (non-hydrogen) atoms. The Morgan fingerprint density at radius 2 is 1.78 bits per heavy atom. The number of nitrogens with one attached hydrogen (secondary N) is 1. The highest BCUT2D eigenvalue weighted by atomic mass is 32.2. The second-order valence-electron chi connectivity index (χ2n) is 6.13. The lowest BCUT2D eigenvalue weighted by Crippen LogP contribution is -2.03. The lowest BCUT2D eigenvalue weighted by atomic mass is 10.1. The molecule has 6 heteroatoms. The molecule has 0 aliphatic heterocycles. The molecule has 2 nitrogen and oxygen atoms in total. The first-order valence-electron chi connectivity index (χ1n) is 8.32. The average Bonchev–Trinajstić information content (AvgIpc) is 3.10. The van der Waals surface area contributed by atoms with Crippen molar-refractivity contribution >= 4 is 22.7 Å². The molecule has 4 aromatic rings. The van der Waals surface area contributed by atoms with Crippen LogP contribution in [-0.4, -0.2) is 9.97 Å². The highest BCUT2D eigenvalue weighted by Gasteiger charge is 2.30. The van der Waals surface area contributed by atoms with Gasteiger partial charge in [0.05, 0.1) is 5.56 Å². The van der Waals surface area contributed by atoms with Crippen LogP contribution in [0.25, 0.3) is 22.2 Å². The zero-order valence-corrected chi connectivity index (χ0v) is 14.9. The number of pyridine rings is 1.